The van der Waals surface area contributed by atoms with E-state index < -0.39 is 12.1 Å². The van der Waals surface area contributed by atoms with Gasteiger partial charge in [0.25, 0.3) is 0 Å². The maximum absolute atomic E-state index is 12.8. The summed E-state index contributed by atoms with van der Waals surface area (Å²) >= 11 is 5.97. The molecule has 27 heavy (non-hydrogen) atoms. The van der Waals surface area contributed by atoms with Crippen molar-refractivity contribution in [2.75, 3.05) is 11.9 Å². The number of hydrogen-bond acceptors (Lipinski definition) is 3. The van der Waals surface area contributed by atoms with E-state index in [-0.39, 0.29) is 12.5 Å². The van der Waals surface area contributed by atoms with Crippen LogP contribution in [0.5, 0.6) is 0 Å². The van der Waals surface area contributed by atoms with Gasteiger partial charge in [-0.25, -0.2) is 4.79 Å². The number of hydrogen-bond donors (Lipinski definition) is 3. The van der Waals surface area contributed by atoms with Crippen LogP contribution >= 0.6 is 11.6 Å². The molecule has 1 heterocycles. The third kappa shape index (κ3) is 4.80. The number of carbonyl (C=O) groups excluding carboxylic acids is 2. The molecule has 0 aliphatic heterocycles. The molecule has 0 spiro atoms. The van der Waals surface area contributed by atoms with E-state index in [0.29, 0.717) is 17.1 Å². The number of H-pyrrole nitrogens is 1. The van der Waals surface area contributed by atoms with Crippen LogP contribution in [0.4, 0.5) is 10.5 Å². The number of amides is 2. The first-order valence-corrected chi connectivity index (χ1v) is 8.99. The molecule has 0 unspecified atom stereocenters. The molecule has 6 nitrogen and oxygen atoms in total. The van der Waals surface area contributed by atoms with Crippen LogP contribution in [0.2, 0.25) is 5.02 Å². The molecule has 0 fully saturated rings. The molecule has 1 atom stereocenters. The van der Waals surface area contributed by atoms with Gasteiger partial charge in [0, 0.05) is 34.2 Å². The fourth-order valence-corrected chi connectivity index (χ4v) is 3.03. The molecule has 0 aliphatic carbocycles. The standard InChI is InChI=1S/C20H20ClN3O3/c1-2-27-20(26)24-18(19(25)23-15-7-5-6-14(21)11-15)10-13-12-22-17-9-4-3-8-16(13)17/h3-9,11-12,18,22H,2,10H2,1H3,(H,23,25)(H,24,26)/t18-/m1/s1. The smallest absolute Gasteiger partial charge is 0.407 e. The predicted molar refractivity (Wildman–Crippen MR) is 106 cm³/mol. The van der Waals surface area contributed by atoms with Gasteiger partial charge in [-0.3, -0.25) is 4.79 Å². The lowest BCUT2D eigenvalue weighted by Gasteiger charge is -2.18. The van der Waals surface area contributed by atoms with Crippen molar-refractivity contribution in [1.29, 1.82) is 0 Å². The highest BCUT2D eigenvalue weighted by Crippen LogP contribution is 2.20. The minimum Gasteiger partial charge on any atom is -0.450 e. The Balaban J connectivity index is 1.81. The highest BCUT2D eigenvalue weighted by Gasteiger charge is 2.23. The maximum Gasteiger partial charge on any atom is 0.407 e. The van der Waals surface area contributed by atoms with Gasteiger partial charge in [0.05, 0.1) is 6.61 Å². The van der Waals surface area contributed by atoms with Gasteiger partial charge in [-0.15, -0.1) is 0 Å². The normalized spacial score (nSPS) is 11.8. The fourth-order valence-electron chi connectivity index (χ4n) is 2.84. The summed E-state index contributed by atoms with van der Waals surface area (Å²) < 4.78 is 4.94. The number of anilines is 1. The van der Waals surface area contributed by atoms with E-state index in [1.165, 1.54) is 0 Å². The number of rotatable bonds is 6. The average molecular weight is 386 g/mol. The lowest BCUT2D eigenvalue weighted by molar-refractivity contribution is -0.118. The summed E-state index contributed by atoms with van der Waals surface area (Å²) in [5, 5.41) is 6.94. The number of aromatic nitrogens is 1. The predicted octanol–water partition coefficient (Wildman–Crippen LogP) is 4.12. The first-order chi connectivity index (χ1) is 13.1. The van der Waals surface area contributed by atoms with Gasteiger partial charge in [-0.05, 0) is 36.8 Å². The van der Waals surface area contributed by atoms with Gasteiger partial charge in [-0.1, -0.05) is 35.9 Å². The van der Waals surface area contributed by atoms with Gasteiger partial charge < -0.3 is 20.4 Å². The highest BCUT2D eigenvalue weighted by molar-refractivity contribution is 6.30. The van der Waals surface area contributed by atoms with Crippen LogP contribution in [-0.4, -0.2) is 29.6 Å². The van der Waals surface area contributed by atoms with Gasteiger partial charge in [0.2, 0.25) is 5.91 Å². The summed E-state index contributed by atoms with van der Waals surface area (Å²) in [7, 11) is 0. The van der Waals surface area contributed by atoms with E-state index in [4.69, 9.17) is 16.3 Å². The molecular formula is C20H20ClN3O3. The molecule has 3 N–H and O–H groups in total. The molecule has 7 heteroatoms. The Morgan fingerprint density at radius 2 is 2.00 bits per heavy atom. The van der Waals surface area contributed by atoms with Crippen LogP contribution in [0.3, 0.4) is 0 Å². The number of nitrogens with one attached hydrogen (secondary N) is 3. The molecule has 1 aromatic heterocycles. The Morgan fingerprint density at radius 3 is 2.78 bits per heavy atom. The van der Waals surface area contributed by atoms with E-state index in [1.54, 1.807) is 31.2 Å². The zero-order chi connectivity index (χ0) is 19.2. The Hall–Kier alpha value is -2.99. The van der Waals surface area contributed by atoms with E-state index >= 15 is 0 Å². The lowest BCUT2D eigenvalue weighted by Crippen LogP contribution is -2.45. The summed E-state index contributed by atoms with van der Waals surface area (Å²) in [6.07, 6.45) is 1.52. The van der Waals surface area contributed by atoms with Crippen molar-refractivity contribution in [1.82, 2.24) is 10.3 Å². The number of ether oxygens (including phenoxy) is 1. The second-order valence-electron chi connectivity index (χ2n) is 5.98. The van der Waals surface area contributed by atoms with E-state index in [2.05, 4.69) is 15.6 Å². The third-order valence-electron chi connectivity index (χ3n) is 4.08. The molecule has 3 aromatic rings. The Morgan fingerprint density at radius 1 is 1.19 bits per heavy atom. The van der Waals surface area contributed by atoms with Crippen molar-refractivity contribution in [2.45, 2.75) is 19.4 Å². The Kier molecular flexibility index (Phi) is 5.98. The molecule has 0 bridgehead atoms. The number of alkyl carbamates (subject to hydrolysis) is 1. The topological polar surface area (TPSA) is 83.2 Å². The second kappa shape index (κ2) is 8.60. The van der Waals surface area contributed by atoms with Crippen LogP contribution in [0.15, 0.2) is 54.7 Å². The summed E-state index contributed by atoms with van der Waals surface area (Å²) in [5.74, 6) is -0.351. The lowest BCUT2D eigenvalue weighted by atomic mass is 10.0. The fraction of sp³-hybridized carbons (Fsp3) is 0.200. The van der Waals surface area contributed by atoms with E-state index in [9.17, 15) is 9.59 Å². The number of halogens is 1. The first-order valence-electron chi connectivity index (χ1n) is 8.61. The van der Waals surface area contributed by atoms with E-state index in [0.717, 1.165) is 16.5 Å². The molecule has 140 valence electrons. The minimum absolute atomic E-state index is 0.224. The van der Waals surface area contributed by atoms with Gasteiger partial charge in [-0.2, -0.15) is 0 Å². The molecule has 3 rings (SSSR count). The SMILES string of the molecule is CCOC(=O)N[C@H](Cc1c[nH]c2ccccc12)C(=O)Nc1cccc(Cl)c1. The summed E-state index contributed by atoms with van der Waals surface area (Å²) in [6.45, 7) is 1.93. The zero-order valence-electron chi connectivity index (χ0n) is 14.8. The van der Waals surface area contributed by atoms with Crippen molar-refractivity contribution >= 4 is 40.2 Å². The highest BCUT2D eigenvalue weighted by atomic mass is 35.5. The third-order valence-corrected chi connectivity index (χ3v) is 4.31. The van der Waals surface area contributed by atoms with Crippen molar-refractivity contribution in [3.63, 3.8) is 0 Å². The largest absolute Gasteiger partial charge is 0.450 e. The number of carbonyl (C=O) groups is 2. The Bertz CT molecular complexity index is 954. The molecule has 2 aromatic carbocycles. The number of benzene rings is 2. The molecule has 2 amide bonds. The second-order valence-corrected chi connectivity index (χ2v) is 6.42. The molecule has 0 aliphatic rings. The summed E-state index contributed by atoms with van der Waals surface area (Å²) in [5.41, 5.74) is 2.45. The number of aromatic amines is 1. The van der Waals surface area contributed by atoms with Crippen LogP contribution in [0.1, 0.15) is 12.5 Å². The monoisotopic (exact) mass is 385 g/mol. The van der Waals surface area contributed by atoms with Crippen LogP contribution in [-0.2, 0) is 16.0 Å². The minimum atomic E-state index is -0.803. The molecular weight excluding hydrogens is 366 g/mol. The van der Waals surface area contributed by atoms with Crippen LogP contribution < -0.4 is 10.6 Å². The van der Waals surface area contributed by atoms with Gasteiger partial charge in [0.15, 0.2) is 0 Å². The molecule has 0 radical (unpaired) electrons. The molecule has 0 saturated heterocycles. The summed E-state index contributed by atoms with van der Waals surface area (Å²) in [6, 6.07) is 13.8. The number of fused-ring (bicyclic) bond motifs is 1. The first kappa shape index (κ1) is 18.8. The van der Waals surface area contributed by atoms with Crippen molar-refractivity contribution in [3.05, 3.63) is 65.3 Å². The van der Waals surface area contributed by atoms with Crippen molar-refractivity contribution < 1.29 is 14.3 Å². The van der Waals surface area contributed by atoms with Gasteiger partial charge in [0.1, 0.15) is 6.04 Å². The molecule has 0 saturated carbocycles. The Labute approximate surface area is 161 Å². The van der Waals surface area contributed by atoms with Crippen LogP contribution in [0.25, 0.3) is 10.9 Å². The quantitative estimate of drug-likeness (QED) is 0.597. The maximum atomic E-state index is 12.8. The number of para-hydroxylation sites is 1. The van der Waals surface area contributed by atoms with Gasteiger partial charge >= 0.3 is 6.09 Å². The zero-order valence-corrected chi connectivity index (χ0v) is 15.5. The van der Waals surface area contributed by atoms with Crippen molar-refractivity contribution in [3.8, 4) is 0 Å². The van der Waals surface area contributed by atoms with E-state index in [1.807, 2.05) is 30.5 Å². The van der Waals surface area contributed by atoms with Crippen molar-refractivity contribution in [2.24, 2.45) is 0 Å². The summed E-state index contributed by atoms with van der Waals surface area (Å²) in [4.78, 5) is 27.9. The van der Waals surface area contributed by atoms with Crippen LogP contribution in [0, 0.1) is 0 Å². The average Bonchev–Trinajstić information content (AvgIpc) is 3.04.